The van der Waals surface area contributed by atoms with E-state index in [1.165, 1.54) is 25.7 Å². The number of rotatable bonds is 4. The van der Waals surface area contributed by atoms with Crippen LogP contribution in [0.1, 0.15) is 64.8 Å². The minimum atomic E-state index is 0. The number of piperidine rings is 2. The third-order valence-corrected chi connectivity index (χ3v) is 7.53. The number of thiol groups is 2. The molecule has 2 fully saturated rings. The number of nitrogens with zero attached hydrogens (tertiary/aromatic N) is 8. The summed E-state index contributed by atoms with van der Waals surface area (Å²) in [6.07, 6.45) is 8.30. The van der Waals surface area contributed by atoms with Crippen molar-refractivity contribution in [3.05, 3.63) is 71.0 Å². The van der Waals surface area contributed by atoms with Crippen molar-refractivity contribution in [3.63, 3.8) is 0 Å². The fourth-order valence-electron chi connectivity index (χ4n) is 4.04. The van der Waals surface area contributed by atoms with Crippen molar-refractivity contribution in [3.8, 4) is 0 Å². The maximum atomic E-state index is 4.44. The number of hydrogen-bond acceptors (Lipinski definition) is 4. The second-order valence-electron chi connectivity index (χ2n) is 9.94. The molecule has 8 nitrogen and oxygen atoms in total. The van der Waals surface area contributed by atoms with Crippen LogP contribution in [0.3, 0.4) is 0 Å². The van der Waals surface area contributed by atoms with E-state index in [4.69, 9.17) is 0 Å². The van der Waals surface area contributed by atoms with Crippen LogP contribution < -0.4 is 0 Å². The molecule has 4 rings (SSSR count). The van der Waals surface area contributed by atoms with E-state index in [1.54, 1.807) is 12.4 Å². The predicted molar refractivity (Wildman–Crippen MR) is 173 cm³/mol. The van der Waals surface area contributed by atoms with E-state index in [2.05, 4.69) is 79.1 Å². The van der Waals surface area contributed by atoms with Gasteiger partial charge in [0, 0.05) is 50.0 Å². The molecule has 0 atom stereocenters. The topological polar surface area (TPSA) is 85.2 Å². The van der Waals surface area contributed by atoms with Gasteiger partial charge in [0.05, 0.1) is 11.4 Å². The zero-order valence-corrected chi connectivity index (χ0v) is 28.6. The van der Waals surface area contributed by atoms with Crippen LogP contribution in [0.2, 0.25) is 0 Å². The molecule has 0 spiro atoms. The Morgan fingerprint density at radius 1 is 0.718 bits per heavy atom. The van der Waals surface area contributed by atoms with E-state index in [-0.39, 0.29) is 26.2 Å². The molecule has 0 amide bonds. The largest absolute Gasteiger partial charge is 3.00 e. The van der Waals surface area contributed by atoms with Crippen molar-refractivity contribution in [2.75, 3.05) is 26.2 Å². The Hall–Kier alpha value is -1.78. The summed E-state index contributed by atoms with van der Waals surface area (Å²) in [4.78, 5) is 12.8. The summed E-state index contributed by atoms with van der Waals surface area (Å²) in [6.45, 7) is 12.5. The van der Waals surface area contributed by atoms with Gasteiger partial charge in [-0.05, 0) is 75.6 Å². The Kier molecular flexibility index (Phi) is 15.3. The van der Waals surface area contributed by atoms with Gasteiger partial charge in [-0.3, -0.25) is 9.97 Å². The van der Waals surface area contributed by atoms with Gasteiger partial charge in [0.1, 0.15) is 0 Å². The van der Waals surface area contributed by atoms with E-state index >= 15 is 0 Å². The van der Waals surface area contributed by atoms with Gasteiger partial charge >= 0.3 is 26.2 Å². The molecule has 0 aliphatic carbocycles. The maximum absolute atomic E-state index is 4.44. The van der Waals surface area contributed by atoms with Crippen LogP contribution in [-0.2, 0) is 24.4 Å². The molecule has 0 N–H and O–H groups in total. The van der Waals surface area contributed by atoms with Gasteiger partial charge in [-0.15, -0.1) is 0 Å². The molecular weight excluding hydrogens is 721 g/mol. The molecule has 0 aromatic carbocycles. The average Bonchev–Trinajstić information content (AvgIpc) is 2.96. The second kappa shape index (κ2) is 17.8. The van der Waals surface area contributed by atoms with Crippen LogP contribution in [0.15, 0.2) is 59.0 Å². The average molecular weight is 762 g/mol. The molecule has 206 valence electrons. The molecule has 2 aromatic heterocycles. The minimum absolute atomic E-state index is 0. The second-order valence-corrected chi connectivity index (χ2v) is 10.7. The van der Waals surface area contributed by atoms with Gasteiger partial charge in [-0.2, -0.15) is 0 Å². The fraction of sp³-hybridized carbons (Fsp3) is 0.500. The van der Waals surface area contributed by atoms with Crippen molar-refractivity contribution in [1.29, 1.82) is 0 Å². The molecular formula is C28H40BiN8S2+3. The first kappa shape index (κ1) is 33.4. The molecule has 39 heavy (non-hydrogen) atoms. The van der Waals surface area contributed by atoms with E-state index in [0.29, 0.717) is 10.2 Å². The summed E-state index contributed by atoms with van der Waals surface area (Å²) in [5.74, 6) is 1.60. The molecule has 2 saturated heterocycles. The zero-order chi connectivity index (χ0) is 27.3. The van der Waals surface area contributed by atoms with Crippen LogP contribution in [0.25, 0.3) is 10.9 Å². The molecule has 4 heterocycles. The quantitative estimate of drug-likeness (QED) is 0.117. The Morgan fingerprint density at radius 3 is 1.38 bits per heavy atom. The third kappa shape index (κ3) is 11.7. The predicted octanol–water partition coefficient (Wildman–Crippen LogP) is 4.17. The molecule has 2 aliphatic heterocycles. The van der Waals surface area contributed by atoms with E-state index in [0.717, 1.165) is 60.8 Å². The van der Waals surface area contributed by atoms with Gasteiger partial charge in [0.15, 0.2) is 34.7 Å². The molecule has 0 bridgehead atoms. The number of aromatic nitrogens is 2. The van der Waals surface area contributed by atoms with E-state index in [1.807, 2.05) is 50.2 Å². The Labute approximate surface area is 263 Å². The van der Waals surface area contributed by atoms with Crippen molar-refractivity contribution < 1.29 is 0 Å². The Balaban J connectivity index is 0.000000267. The number of pyridine rings is 2. The molecule has 0 unspecified atom stereocenters. The summed E-state index contributed by atoms with van der Waals surface area (Å²) >= 11 is 8.88. The van der Waals surface area contributed by atoms with E-state index in [9.17, 15) is 0 Å². The normalized spacial score (nSPS) is 17.8. The van der Waals surface area contributed by atoms with Crippen molar-refractivity contribution in [2.24, 2.45) is 22.0 Å². The maximum Gasteiger partial charge on any atom is 3.00 e. The van der Waals surface area contributed by atoms with Crippen LogP contribution in [-0.4, -0.2) is 93.8 Å². The standard InChI is InChI=1S/2C14H20N4S.Bi/c2*1-11-6-9-18(10-7-11)14(19)17-16-12(2)13-5-3-4-8-15-13;/h2*3-5,8,11H,6-7,9-10H2,1-2H3,(H,15,17,19);/q;;+3. The Morgan fingerprint density at radius 2 is 1.08 bits per heavy atom. The van der Waals surface area contributed by atoms with Crippen LogP contribution in [0.5, 0.6) is 0 Å². The molecule has 11 heteroatoms. The first-order valence-electron chi connectivity index (χ1n) is 13.3. The van der Waals surface area contributed by atoms with Crippen molar-refractivity contribution in [1.82, 2.24) is 19.8 Å². The smallest absolute Gasteiger partial charge is 0.515 e. The molecule has 2 aromatic rings. The minimum Gasteiger partial charge on any atom is -0.515 e. The zero-order valence-electron chi connectivity index (χ0n) is 23.3. The number of hydrogen-bond donors (Lipinski definition) is 0. The molecule has 2 aliphatic rings. The van der Waals surface area contributed by atoms with Crippen molar-refractivity contribution in [2.45, 2.75) is 53.4 Å². The van der Waals surface area contributed by atoms with Gasteiger partial charge in [-0.1, -0.05) is 26.0 Å². The Bertz CT molecular complexity index is 994. The van der Waals surface area contributed by atoms with Crippen LogP contribution in [0.4, 0.5) is 0 Å². The summed E-state index contributed by atoms with van der Waals surface area (Å²) in [7, 11) is 0. The summed E-state index contributed by atoms with van der Waals surface area (Å²) < 4.78 is 0. The number of likely N-dealkylation sites (tertiary alicyclic amines) is 2. The van der Waals surface area contributed by atoms with Crippen LogP contribution in [0, 0.1) is 11.8 Å². The molecule has 2 radical (unpaired) electrons. The van der Waals surface area contributed by atoms with Gasteiger partial charge in [0.2, 0.25) is 0 Å². The summed E-state index contributed by atoms with van der Waals surface area (Å²) in [6, 6.07) is 11.5. The molecule has 0 saturated carbocycles. The van der Waals surface area contributed by atoms with E-state index < -0.39 is 0 Å². The van der Waals surface area contributed by atoms with Gasteiger partial charge in [-0.25, -0.2) is 9.80 Å². The SMILES string of the molecule is CC(=N[N-]C(=[SH+])N1CCC(C)CC1)c1ccccn1.CC(=N[N-]C(=[SH+])N1CCC(C)CC1)c1ccccn1.[Bi+3]. The van der Waals surface area contributed by atoms with Gasteiger partial charge < -0.3 is 21.1 Å². The fourth-order valence-corrected chi connectivity index (χ4v) is 4.53. The van der Waals surface area contributed by atoms with Crippen molar-refractivity contribution >= 4 is 72.3 Å². The van der Waals surface area contributed by atoms with Gasteiger partial charge in [0.25, 0.3) is 0 Å². The first-order chi connectivity index (χ1) is 18.3. The summed E-state index contributed by atoms with van der Waals surface area (Å²) in [5, 5.41) is 9.82. The third-order valence-electron chi connectivity index (χ3n) is 6.78. The first-order valence-corrected chi connectivity index (χ1v) is 14.2. The summed E-state index contributed by atoms with van der Waals surface area (Å²) in [5.41, 5.74) is 11.7. The monoisotopic (exact) mass is 761 g/mol. The van der Waals surface area contributed by atoms with Crippen LogP contribution >= 0.6 is 0 Å².